The van der Waals surface area contributed by atoms with Gasteiger partial charge in [-0.05, 0) is 12.1 Å². The fourth-order valence-electron chi connectivity index (χ4n) is 1.18. The van der Waals surface area contributed by atoms with Crippen LogP contribution in [0.1, 0.15) is 11.7 Å². The van der Waals surface area contributed by atoms with E-state index in [1.807, 2.05) is 18.2 Å². The summed E-state index contributed by atoms with van der Waals surface area (Å²) in [6.45, 7) is 0. The Bertz CT molecular complexity index is 335. The van der Waals surface area contributed by atoms with E-state index in [9.17, 15) is 0 Å². The maximum Gasteiger partial charge on any atom is 0.126 e. The first-order valence-electron chi connectivity index (χ1n) is 3.60. The van der Waals surface area contributed by atoms with Crippen molar-refractivity contribution in [2.75, 3.05) is 5.32 Å². The van der Waals surface area contributed by atoms with Crippen LogP contribution in [0.5, 0.6) is 0 Å². The van der Waals surface area contributed by atoms with Crippen LogP contribution in [0.2, 0.25) is 0 Å². The van der Waals surface area contributed by atoms with Gasteiger partial charge < -0.3 is 11.1 Å². The van der Waals surface area contributed by atoms with E-state index in [1.54, 1.807) is 6.34 Å². The zero-order valence-corrected chi connectivity index (χ0v) is 7.88. The van der Waals surface area contributed by atoms with Crippen molar-refractivity contribution >= 4 is 28.0 Å². The Kier molecular flexibility index (Phi) is 1.86. The monoisotopic (exact) mass is 225 g/mol. The maximum absolute atomic E-state index is 5.74. The summed E-state index contributed by atoms with van der Waals surface area (Å²) < 4.78 is 1.04. The molecule has 3 nitrogen and oxygen atoms in total. The van der Waals surface area contributed by atoms with E-state index in [0.29, 0.717) is 0 Å². The van der Waals surface area contributed by atoms with Crippen molar-refractivity contribution in [3.63, 3.8) is 0 Å². The average Bonchev–Trinajstić information content (AvgIpc) is 2.04. The largest absolute Gasteiger partial charge is 0.346 e. The molecule has 3 N–H and O–H groups in total. The second-order valence-electron chi connectivity index (χ2n) is 2.60. The van der Waals surface area contributed by atoms with E-state index >= 15 is 0 Å². The topological polar surface area (TPSA) is 50.4 Å². The Morgan fingerprint density at radius 2 is 2.33 bits per heavy atom. The van der Waals surface area contributed by atoms with E-state index in [4.69, 9.17) is 5.73 Å². The normalized spacial score (nSPS) is 20.0. The molecule has 1 aromatic carbocycles. The van der Waals surface area contributed by atoms with Gasteiger partial charge in [-0.2, -0.15) is 0 Å². The highest BCUT2D eigenvalue weighted by atomic mass is 79.9. The first kappa shape index (κ1) is 7.76. The number of rotatable bonds is 0. The van der Waals surface area contributed by atoms with Crippen LogP contribution in [0, 0.1) is 0 Å². The Morgan fingerprint density at radius 1 is 1.50 bits per heavy atom. The van der Waals surface area contributed by atoms with Crippen molar-refractivity contribution in [2.24, 2.45) is 10.7 Å². The average molecular weight is 226 g/mol. The third kappa shape index (κ3) is 1.23. The fraction of sp³-hybridized carbons (Fsp3) is 0.125. The molecule has 0 saturated heterocycles. The van der Waals surface area contributed by atoms with E-state index in [2.05, 4.69) is 26.2 Å². The number of nitrogens with two attached hydrogens (primary N) is 1. The highest BCUT2D eigenvalue weighted by Crippen LogP contribution is 2.27. The zero-order valence-electron chi connectivity index (χ0n) is 6.29. The van der Waals surface area contributed by atoms with Crippen molar-refractivity contribution < 1.29 is 0 Å². The third-order valence-electron chi connectivity index (χ3n) is 1.79. The first-order valence-corrected chi connectivity index (χ1v) is 4.40. The molecule has 62 valence electrons. The molecule has 0 amide bonds. The van der Waals surface area contributed by atoms with Gasteiger partial charge in [0, 0.05) is 15.7 Å². The summed E-state index contributed by atoms with van der Waals surface area (Å²) in [5.74, 6) is 0. The molecule has 12 heavy (non-hydrogen) atoms. The van der Waals surface area contributed by atoms with E-state index in [-0.39, 0.29) is 6.17 Å². The molecule has 0 saturated carbocycles. The third-order valence-corrected chi connectivity index (χ3v) is 2.28. The van der Waals surface area contributed by atoms with Gasteiger partial charge in [0.2, 0.25) is 0 Å². The van der Waals surface area contributed by atoms with Crippen molar-refractivity contribution in [1.82, 2.24) is 0 Å². The van der Waals surface area contributed by atoms with Crippen LogP contribution in [0.4, 0.5) is 5.69 Å². The van der Waals surface area contributed by atoms with Crippen LogP contribution in [0.25, 0.3) is 0 Å². The second kappa shape index (κ2) is 2.88. The van der Waals surface area contributed by atoms with Crippen LogP contribution in [-0.4, -0.2) is 6.34 Å². The summed E-state index contributed by atoms with van der Waals surface area (Å²) in [6.07, 6.45) is 1.40. The summed E-state index contributed by atoms with van der Waals surface area (Å²) in [7, 11) is 0. The number of hydrogen-bond donors (Lipinski definition) is 2. The highest BCUT2D eigenvalue weighted by Gasteiger charge is 2.12. The van der Waals surface area contributed by atoms with Gasteiger partial charge in [0.05, 0.1) is 6.34 Å². The number of nitrogens with one attached hydrogen (secondary N) is 1. The lowest BCUT2D eigenvalue weighted by Gasteiger charge is -2.17. The molecule has 1 aromatic rings. The minimum absolute atomic E-state index is 0.227. The molecule has 0 aromatic heterocycles. The van der Waals surface area contributed by atoms with Gasteiger partial charge in [0.15, 0.2) is 0 Å². The Balaban J connectivity index is 2.51. The molecule has 0 radical (unpaired) electrons. The maximum atomic E-state index is 5.74. The standard InChI is InChI=1S/C8H8BrN3/c9-5-1-2-6-7(3-5)11-4-12-8(6)10/h1-4,8H,10H2,(H,11,12). The molecular formula is C8H8BrN3. The molecule has 0 spiro atoms. The quantitative estimate of drug-likeness (QED) is 0.709. The molecule has 1 atom stereocenters. The summed E-state index contributed by atoms with van der Waals surface area (Å²) in [6, 6.07) is 5.91. The van der Waals surface area contributed by atoms with E-state index < -0.39 is 0 Å². The van der Waals surface area contributed by atoms with Crippen LogP contribution in [0.15, 0.2) is 27.7 Å². The number of aliphatic imine (C=N–C) groups is 1. The number of benzene rings is 1. The van der Waals surface area contributed by atoms with Crippen molar-refractivity contribution in [2.45, 2.75) is 6.17 Å². The van der Waals surface area contributed by atoms with Crippen LogP contribution in [-0.2, 0) is 0 Å². The van der Waals surface area contributed by atoms with Crippen LogP contribution >= 0.6 is 15.9 Å². The lowest BCUT2D eigenvalue weighted by atomic mass is 10.1. The lowest BCUT2D eigenvalue weighted by molar-refractivity contribution is 0.774. The zero-order chi connectivity index (χ0) is 8.55. The number of fused-ring (bicyclic) bond motifs is 1. The molecule has 1 unspecified atom stereocenters. The van der Waals surface area contributed by atoms with E-state index in [1.165, 1.54) is 0 Å². The minimum Gasteiger partial charge on any atom is -0.346 e. The Labute approximate surface area is 78.8 Å². The van der Waals surface area contributed by atoms with Crippen molar-refractivity contribution in [3.05, 3.63) is 28.2 Å². The molecule has 1 aliphatic heterocycles. The molecule has 1 aliphatic rings. The van der Waals surface area contributed by atoms with E-state index in [0.717, 1.165) is 15.7 Å². The van der Waals surface area contributed by atoms with Gasteiger partial charge in [0.1, 0.15) is 6.17 Å². The van der Waals surface area contributed by atoms with Crippen molar-refractivity contribution in [3.8, 4) is 0 Å². The summed E-state index contributed by atoms with van der Waals surface area (Å²) in [5.41, 5.74) is 7.79. The predicted octanol–water partition coefficient (Wildman–Crippen LogP) is 1.86. The highest BCUT2D eigenvalue weighted by molar-refractivity contribution is 9.10. The lowest BCUT2D eigenvalue weighted by Crippen LogP contribution is -2.16. The molecule has 0 bridgehead atoms. The van der Waals surface area contributed by atoms with Gasteiger partial charge >= 0.3 is 0 Å². The molecule has 0 fully saturated rings. The van der Waals surface area contributed by atoms with Gasteiger partial charge in [0.25, 0.3) is 0 Å². The number of nitrogens with zero attached hydrogens (tertiary/aromatic N) is 1. The van der Waals surface area contributed by atoms with Gasteiger partial charge in [-0.15, -0.1) is 0 Å². The molecule has 0 aliphatic carbocycles. The molecule has 4 heteroatoms. The van der Waals surface area contributed by atoms with Gasteiger partial charge in [-0.3, -0.25) is 4.99 Å². The Hall–Kier alpha value is -0.870. The van der Waals surface area contributed by atoms with Crippen molar-refractivity contribution in [1.29, 1.82) is 0 Å². The number of anilines is 1. The van der Waals surface area contributed by atoms with Crippen LogP contribution < -0.4 is 11.1 Å². The van der Waals surface area contributed by atoms with Gasteiger partial charge in [-0.25, -0.2) is 0 Å². The summed E-state index contributed by atoms with van der Waals surface area (Å²) in [4.78, 5) is 4.03. The minimum atomic E-state index is -0.227. The second-order valence-corrected chi connectivity index (χ2v) is 3.51. The summed E-state index contributed by atoms with van der Waals surface area (Å²) in [5, 5.41) is 3.03. The fourth-order valence-corrected chi connectivity index (χ4v) is 1.54. The molecule has 1 heterocycles. The smallest absolute Gasteiger partial charge is 0.126 e. The predicted molar refractivity (Wildman–Crippen MR) is 53.2 cm³/mol. The Morgan fingerprint density at radius 3 is 3.17 bits per heavy atom. The SMILES string of the molecule is NC1N=CNc2cc(Br)ccc21. The number of hydrogen-bond acceptors (Lipinski definition) is 3. The first-order chi connectivity index (χ1) is 5.77. The van der Waals surface area contributed by atoms with Crippen LogP contribution in [0.3, 0.4) is 0 Å². The summed E-state index contributed by atoms with van der Waals surface area (Å²) >= 11 is 3.38. The molecular weight excluding hydrogens is 218 g/mol. The number of halogens is 1. The van der Waals surface area contributed by atoms with Gasteiger partial charge in [-0.1, -0.05) is 22.0 Å². The molecule has 2 rings (SSSR count).